The normalized spacial score (nSPS) is 17.8. The topological polar surface area (TPSA) is 70.8 Å². The van der Waals surface area contributed by atoms with Gasteiger partial charge in [0.2, 0.25) is 0 Å². The van der Waals surface area contributed by atoms with E-state index in [2.05, 4.69) is 46.4 Å². The van der Waals surface area contributed by atoms with Gasteiger partial charge >= 0.3 is 0 Å². The van der Waals surface area contributed by atoms with E-state index in [4.69, 9.17) is 22.1 Å². The Kier molecular flexibility index (Phi) is 7.36. The smallest absolute Gasteiger partial charge is 0.255 e. The lowest BCUT2D eigenvalue weighted by Gasteiger charge is -2.39. The predicted molar refractivity (Wildman–Crippen MR) is 118 cm³/mol. The maximum atomic E-state index is 12.8. The van der Waals surface area contributed by atoms with E-state index in [1.807, 2.05) is 13.0 Å². The summed E-state index contributed by atoms with van der Waals surface area (Å²) in [4.78, 5) is 17.5. The number of nitrogens with zero attached hydrogens (tertiary/aromatic N) is 2. The third kappa shape index (κ3) is 5.63. The Balaban J connectivity index is 1.62. The van der Waals surface area contributed by atoms with Crippen molar-refractivity contribution in [1.82, 2.24) is 15.1 Å². The molecule has 1 amide bonds. The summed E-state index contributed by atoms with van der Waals surface area (Å²) in [6, 6.07) is 13.9. The van der Waals surface area contributed by atoms with Gasteiger partial charge in [0, 0.05) is 44.8 Å². The summed E-state index contributed by atoms with van der Waals surface area (Å²) in [5.41, 5.74) is 7.96. The molecule has 1 saturated heterocycles. The minimum absolute atomic E-state index is 0.205. The van der Waals surface area contributed by atoms with Crippen LogP contribution in [0.3, 0.4) is 0 Å². The molecule has 3 N–H and O–H groups in total. The third-order valence-corrected chi connectivity index (χ3v) is 5.58. The molecule has 7 heteroatoms. The Labute approximate surface area is 177 Å². The Morgan fingerprint density at radius 3 is 2.76 bits per heavy atom. The fourth-order valence-corrected chi connectivity index (χ4v) is 3.71. The molecule has 1 fully saturated rings. The number of carbonyl (C=O) groups excluding carboxylic acids is 1. The summed E-state index contributed by atoms with van der Waals surface area (Å²) in [6.45, 7) is 6.65. The van der Waals surface area contributed by atoms with Gasteiger partial charge < -0.3 is 15.8 Å². The summed E-state index contributed by atoms with van der Waals surface area (Å²) in [5.74, 6) is 0.249. The van der Waals surface area contributed by atoms with Crippen LogP contribution >= 0.6 is 11.6 Å². The van der Waals surface area contributed by atoms with Gasteiger partial charge in [-0.25, -0.2) is 0 Å². The number of halogens is 1. The molecule has 0 radical (unpaired) electrons. The van der Waals surface area contributed by atoms with Crippen LogP contribution in [0.4, 0.5) is 5.69 Å². The summed E-state index contributed by atoms with van der Waals surface area (Å²) in [7, 11) is 2.10. The van der Waals surface area contributed by atoms with Crippen molar-refractivity contribution in [1.29, 1.82) is 0 Å². The van der Waals surface area contributed by atoms with Crippen molar-refractivity contribution in [3.8, 4) is 5.75 Å². The van der Waals surface area contributed by atoms with E-state index in [0.29, 0.717) is 35.2 Å². The van der Waals surface area contributed by atoms with Crippen LogP contribution in [-0.4, -0.2) is 61.6 Å². The quantitative estimate of drug-likeness (QED) is 0.679. The Hall–Kier alpha value is -2.28. The van der Waals surface area contributed by atoms with Crippen molar-refractivity contribution in [2.75, 3.05) is 45.6 Å². The van der Waals surface area contributed by atoms with Crippen LogP contribution in [0.2, 0.25) is 5.02 Å². The zero-order chi connectivity index (χ0) is 20.8. The predicted octanol–water partition coefficient (Wildman–Crippen LogP) is 2.87. The van der Waals surface area contributed by atoms with E-state index in [9.17, 15) is 4.79 Å². The average Bonchev–Trinajstić information content (AvgIpc) is 2.71. The van der Waals surface area contributed by atoms with Gasteiger partial charge in [-0.2, -0.15) is 0 Å². The van der Waals surface area contributed by atoms with Crippen molar-refractivity contribution < 1.29 is 9.53 Å². The van der Waals surface area contributed by atoms with E-state index in [1.54, 1.807) is 12.1 Å². The fraction of sp³-hybridized carbons (Fsp3) is 0.409. The summed E-state index contributed by atoms with van der Waals surface area (Å²) >= 11 is 6.12. The second kappa shape index (κ2) is 9.96. The van der Waals surface area contributed by atoms with Crippen molar-refractivity contribution in [3.63, 3.8) is 0 Å². The molecule has 0 aliphatic carbocycles. The summed E-state index contributed by atoms with van der Waals surface area (Å²) in [5, 5.41) is 3.39. The number of ether oxygens (including phenoxy) is 1. The largest absolute Gasteiger partial charge is 0.493 e. The third-order valence-electron chi connectivity index (χ3n) is 5.25. The second-order valence-electron chi connectivity index (χ2n) is 7.37. The maximum Gasteiger partial charge on any atom is 0.255 e. The highest BCUT2D eigenvalue weighted by Gasteiger charge is 2.25. The number of hydrogen-bond acceptors (Lipinski definition) is 5. The highest BCUT2D eigenvalue weighted by Crippen LogP contribution is 2.29. The lowest BCUT2D eigenvalue weighted by atomic mass is 10.1. The van der Waals surface area contributed by atoms with Crippen molar-refractivity contribution >= 4 is 23.2 Å². The number of hydrogen-bond donors (Lipinski definition) is 2. The van der Waals surface area contributed by atoms with E-state index >= 15 is 0 Å². The van der Waals surface area contributed by atoms with Crippen LogP contribution in [0.25, 0.3) is 0 Å². The van der Waals surface area contributed by atoms with Crippen molar-refractivity contribution in [2.45, 2.75) is 19.5 Å². The highest BCUT2D eigenvalue weighted by atomic mass is 35.5. The van der Waals surface area contributed by atoms with Gasteiger partial charge in [0.25, 0.3) is 5.91 Å². The van der Waals surface area contributed by atoms with Crippen LogP contribution < -0.4 is 15.8 Å². The molecule has 0 saturated carbocycles. The van der Waals surface area contributed by atoms with Gasteiger partial charge in [-0.15, -0.1) is 0 Å². The Bertz CT molecular complexity index is 831. The number of amides is 1. The summed E-state index contributed by atoms with van der Waals surface area (Å²) < 4.78 is 5.57. The first kappa shape index (κ1) is 21.4. The molecule has 1 atom stereocenters. The lowest BCUT2D eigenvalue weighted by molar-refractivity contribution is 0.0800. The molecule has 0 bridgehead atoms. The standard InChI is InChI=1S/C22H29ClN4O2/c1-3-29-21-12-20(24)19(23)11-18(21)22(28)25-13-17-15-27(10-9-26(17)2)14-16-7-5-4-6-8-16/h4-8,11-12,17H,3,9-10,13-15,24H2,1-2H3,(H,25,28). The number of nitrogen functional groups attached to an aromatic ring is 1. The van der Waals surface area contributed by atoms with Crippen LogP contribution in [0.15, 0.2) is 42.5 Å². The van der Waals surface area contributed by atoms with Gasteiger partial charge in [-0.1, -0.05) is 41.9 Å². The molecule has 0 spiro atoms. The van der Waals surface area contributed by atoms with E-state index in [-0.39, 0.29) is 11.9 Å². The van der Waals surface area contributed by atoms with E-state index in [1.165, 1.54) is 5.56 Å². The van der Waals surface area contributed by atoms with Gasteiger partial charge in [-0.3, -0.25) is 14.6 Å². The fourth-order valence-electron chi connectivity index (χ4n) is 3.54. The highest BCUT2D eigenvalue weighted by molar-refractivity contribution is 6.33. The molecular weight excluding hydrogens is 388 g/mol. The van der Waals surface area contributed by atoms with Crippen molar-refractivity contribution in [2.24, 2.45) is 0 Å². The lowest BCUT2D eigenvalue weighted by Crippen LogP contribution is -2.55. The van der Waals surface area contributed by atoms with Crippen LogP contribution in [0.5, 0.6) is 5.75 Å². The molecule has 2 aromatic carbocycles. The molecular formula is C22H29ClN4O2. The number of carbonyl (C=O) groups is 1. The summed E-state index contributed by atoms with van der Waals surface area (Å²) in [6.07, 6.45) is 0. The van der Waals surface area contributed by atoms with Gasteiger partial charge in [-0.05, 0) is 25.6 Å². The minimum atomic E-state index is -0.205. The Morgan fingerprint density at radius 1 is 1.28 bits per heavy atom. The molecule has 2 aromatic rings. The molecule has 1 heterocycles. The molecule has 1 unspecified atom stereocenters. The van der Waals surface area contributed by atoms with Crippen LogP contribution in [0.1, 0.15) is 22.8 Å². The number of piperazine rings is 1. The number of likely N-dealkylation sites (N-methyl/N-ethyl adjacent to an activating group) is 1. The molecule has 3 rings (SSSR count). The van der Waals surface area contributed by atoms with Crippen molar-refractivity contribution in [3.05, 3.63) is 58.6 Å². The van der Waals surface area contributed by atoms with E-state index in [0.717, 1.165) is 26.2 Å². The van der Waals surface area contributed by atoms with Gasteiger partial charge in [0.05, 0.1) is 22.9 Å². The number of nitrogens with one attached hydrogen (secondary N) is 1. The second-order valence-corrected chi connectivity index (χ2v) is 7.78. The minimum Gasteiger partial charge on any atom is -0.493 e. The van der Waals surface area contributed by atoms with Crippen LogP contribution in [0, 0.1) is 0 Å². The molecule has 1 aliphatic heterocycles. The number of anilines is 1. The molecule has 156 valence electrons. The number of nitrogens with two attached hydrogens (primary N) is 1. The monoisotopic (exact) mass is 416 g/mol. The Morgan fingerprint density at radius 2 is 2.03 bits per heavy atom. The maximum absolute atomic E-state index is 12.8. The first-order chi connectivity index (χ1) is 14.0. The molecule has 1 aliphatic rings. The average molecular weight is 417 g/mol. The van der Waals surface area contributed by atoms with E-state index < -0.39 is 0 Å². The van der Waals surface area contributed by atoms with Gasteiger partial charge in [0.1, 0.15) is 5.75 Å². The molecule has 29 heavy (non-hydrogen) atoms. The SMILES string of the molecule is CCOc1cc(N)c(Cl)cc1C(=O)NCC1CN(Cc2ccccc2)CCN1C. The first-order valence-electron chi connectivity index (χ1n) is 9.94. The van der Waals surface area contributed by atoms with Crippen LogP contribution in [-0.2, 0) is 6.54 Å². The zero-order valence-corrected chi connectivity index (χ0v) is 17.8. The number of rotatable bonds is 7. The molecule has 0 aromatic heterocycles. The number of benzene rings is 2. The van der Waals surface area contributed by atoms with Gasteiger partial charge in [0.15, 0.2) is 0 Å². The molecule has 6 nitrogen and oxygen atoms in total. The first-order valence-corrected chi connectivity index (χ1v) is 10.3. The zero-order valence-electron chi connectivity index (χ0n) is 17.0.